The Morgan fingerprint density at radius 1 is 1.04 bits per heavy atom. The second-order valence-corrected chi connectivity index (χ2v) is 5.55. The van der Waals surface area contributed by atoms with E-state index in [2.05, 4.69) is 0 Å². The standard InChI is InChI=1S/C18H10ClF3O2/c19-14-6-1-11(2-7-14)3-8-15(23)17-9-12-4-5-13(18(20,21)22)10-16(12)24-17/h1-10H. The van der Waals surface area contributed by atoms with Crippen LogP contribution in [0.5, 0.6) is 0 Å². The monoisotopic (exact) mass is 350 g/mol. The molecular weight excluding hydrogens is 341 g/mol. The summed E-state index contributed by atoms with van der Waals surface area (Å²) in [4.78, 5) is 12.1. The summed E-state index contributed by atoms with van der Waals surface area (Å²) in [6, 6.07) is 11.4. The average Bonchev–Trinajstić information content (AvgIpc) is 2.96. The van der Waals surface area contributed by atoms with Crippen molar-refractivity contribution in [1.29, 1.82) is 0 Å². The van der Waals surface area contributed by atoms with Gasteiger partial charge >= 0.3 is 6.18 Å². The molecule has 0 atom stereocenters. The van der Waals surface area contributed by atoms with E-state index in [1.165, 1.54) is 18.2 Å². The van der Waals surface area contributed by atoms with Crippen LogP contribution in [0.15, 0.2) is 59.0 Å². The topological polar surface area (TPSA) is 30.2 Å². The van der Waals surface area contributed by atoms with Gasteiger partial charge in [-0.3, -0.25) is 4.79 Å². The van der Waals surface area contributed by atoms with E-state index >= 15 is 0 Å². The van der Waals surface area contributed by atoms with Crippen LogP contribution in [-0.4, -0.2) is 5.78 Å². The van der Waals surface area contributed by atoms with Crippen LogP contribution >= 0.6 is 11.6 Å². The van der Waals surface area contributed by atoms with Gasteiger partial charge in [0.05, 0.1) is 5.56 Å². The highest BCUT2D eigenvalue weighted by atomic mass is 35.5. The number of rotatable bonds is 3. The second kappa shape index (κ2) is 6.17. The molecule has 0 amide bonds. The smallest absolute Gasteiger partial charge is 0.416 e. The van der Waals surface area contributed by atoms with E-state index in [0.717, 1.165) is 17.7 Å². The van der Waals surface area contributed by atoms with E-state index in [-0.39, 0.29) is 11.3 Å². The second-order valence-electron chi connectivity index (χ2n) is 5.11. The van der Waals surface area contributed by atoms with Crippen molar-refractivity contribution in [3.63, 3.8) is 0 Å². The molecule has 1 aromatic heterocycles. The molecule has 6 heteroatoms. The van der Waals surface area contributed by atoms with Crippen molar-refractivity contribution >= 4 is 34.4 Å². The van der Waals surface area contributed by atoms with Crippen LogP contribution in [0.3, 0.4) is 0 Å². The van der Waals surface area contributed by atoms with Gasteiger partial charge in [0.1, 0.15) is 5.58 Å². The molecule has 2 aromatic carbocycles. The molecule has 0 aliphatic heterocycles. The van der Waals surface area contributed by atoms with E-state index < -0.39 is 17.5 Å². The molecule has 0 spiro atoms. The van der Waals surface area contributed by atoms with Crippen molar-refractivity contribution in [3.05, 3.63) is 76.5 Å². The van der Waals surface area contributed by atoms with Crippen LogP contribution < -0.4 is 0 Å². The summed E-state index contributed by atoms with van der Waals surface area (Å²) in [5.41, 5.74) is -0.0312. The van der Waals surface area contributed by atoms with Gasteiger partial charge in [0.25, 0.3) is 0 Å². The van der Waals surface area contributed by atoms with Gasteiger partial charge in [-0.25, -0.2) is 0 Å². The van der Waals surface area contributed by atoms with Crippen molar-refractivity contribution in [2.24, 2.45) is 0 Å². The Morgan fingerprint density at radius 2 is 1.75 bits per heavy atom. The predicted octanol–water partition coefficient (Wildman–Crippen LogP) is 6.00. The lowest BCUT2D eigenvalue weighted by Gasteiger charge is -2.04. The maximum atomic E-state index is 12.7. The molecule has 0 aliphatic carbocycles. The predicted molar refractivity (Wildman–Crippen MR) is 86.0 cm³/mol. The highest BCUT2D eigenvalue weighted by molar-refractivity contribution is 6.30. The summed E-state index contributed by atoms with van der Waals surface area (Å²) in [6.07, 6.45) is -1.59. The number of fused-ring (bicyclic) bond motifs is 1. The number of benzene rings is 2. The SMILES string of the molecule is O=C(C=Cc1ccc(Cl)cc1)c1cc2ccc(C(F)(F)F)cc2o1. The van der Waals surface area contributed by atoms with Gasteiger partial charge in [-0.05, 0) is 42.0 Å². The van der Waals surface area contributed by atoms with E-state index in [4.69, 9.17) is 16.0 Å². The Kier molecular flexibility index (Phi) is 4.20. The Labute approximate surface area is 140 Å². The lowest BCUT2D eigenvalue weighted by molar-refractivity contribution is -0.137. The van der Waals surface area contributed by atoms with E-state index in [9.17, 15) is 18.0 Å². The molecule has 0 saturated carbocycles. The van der Waals surface area contributed by atoms with Crippen molar-refractivity contribution in [3.8, 4) is 0 Å². The summed E-state index contributed by atoms with van der Waals surface area (Å²) in [6.45, 7) is 0. The fourth-order valence-corrected chi connectivity index (χ4v) is 2.28. The van der Waals surface area contributed by atoms with Gasteiger partial charge in [-0.2, -0.15) is 13.2 Å². The molecule has 0 saturated heterocycles. The number of halogens is 4. The number of hydrogen-bond donors (Lipinski definition) is 0. The van der Waals surface area contributed by atoms with Gasteiger partial charge in [-0.15, -0.1) is 0 Å². The quantitative estimate of drug-likeness (QED) is 0.428. The van der Waals surface area contributed by atoms with Crippen LogP contribution in [0.1, 0.15) is 21.7 Å². The maximum absolute atomic E-state index is 12.7. The molecule has 122 valence electrons. The Balaban J connectivity index is 1.86. The Hall–Kier alpha value is -2.53. The summed E-state index contributed by atoms with van der Waals surface area (Å²) < 4.78 is 43.3. The molecule has 0 fully saturated rings. The van der Waals surface area contributed by atoms with Crippen molar-refractivity contribution in [1.82, 2.24) is 0 Å². The van der Waals surface area contributed by atoms with Crippen molar-refractivity contribution < 1.29 is 22.4 Å². The highest BCUT2D eigenvalue weighted by Crippen LogP contribution is 2.32. The first-order valence-corrected chi connectivity index (χ1v) is 7.29. The van der Waals surface area contributed by atoms with Gasteiger partial charge in [0, 0.05) is 10.4 Å². The molecule has 0 radical (unpaired) electrons. The molecule has 0 aliphatic rings. The molecule has 0 unspecified atom stereocenters. The van der Waals surface area contributed by atoms with E-state index in [1.54, 1.807) is 30.3 Å². The zero-order valence-corrected chi connectivity index (χ0v) is 12.9. The van der Waals surface area contributed by atoms with Crippen molar-refractivity contribution in [2.75, 3.05) is 0 Å². The first-order valence-electron chi connectivity index (χ1n) is 6.92. The summed E-state index contributed by atoms with van der Waals surface area (Å²) in [5, 5.41) is 1.02. The molecule has 3 rings (SSSR count). The van der Waals surface area contributed by atoms with Gasteiger partial charge in [-0.1, -0.05) is 35.9 Å². The Morgan fingerprint density at radius 3 is 2.42 bits per heavy atom. The van der Waals surface area contributed by atoms with Gasteiger partial charge < -0.3 is 4.42 Å². The van der Waals surface area contributed by atoms with Gasteiger partial charge in [0.15, 0.2) is 5.76 Å². The summed E-state index contributed by atoms with van der Waals surface area (Å²) in [5.74, 6) is -0.454. The minimum absolute atomic E-state index is 0.0189. The fourth-order valence-electron chi connectivity index (χ4n) is 2.16. The molecule has 1 heterocycles. The zero-order valence-electron chi connectivity index (χ0n) is 12.1. The number of allylic oxidation sites excluding steroid dienone is 1. The molecular formula is C18H10ClF3O2. The first-order chi connectivity index (χ1) is 11.3. The number of carbonyl (C=O) groups is 1. The maximum Gasteiger partial charge on any atom is 0.416 e. The lowest BCUT2D eigenvalue weighted by Crippen LogP contribution is -2.03. The van der Waals surface area contributed by atoms with Crippen LogP contribution in [0.25, 0.3) is 17.0 Å². The normalized spacial score (nSPS) is 12.2. The molecule has 2 nitrogen and oxygen atoms in total. The fraction of sp³-hybridized carbons (Fsp3) is 0.0556. The first kappa shape index (κ1) is 16.3. The van der Waals surface area contributed by atoms with E-state index in [0.29, 0.717) is 10.4 Å². The minimum Gasteiger partial charge on any atom is -0.453 e. The summed E-state index contributed by atoms with van der Waals surface area (Å²) >= 11 is 5.77. The van der Waals surface area contributed by atoms with Crippen molar-refractivity contribution in [2.45, 2.75) is 6.18 Å². The third kappa shape index (κ3) is 3.51. The van der Waals surface area contributed by atoms with Crippen LogP contribution in [0.4, 0.5) is 13.2 Å². The number of hydrogen-bond acceptors (Lipinski definition) is 2. The van der Waals surface area contributed by atoms with Crippen LogP contribution in [0.2, 0.25) is 5.02 Å². The van der Waals surface area contributed by atoms with E-state index in [1.807, 2.05) is 0 Å². The molecule has 0 N–H and O–H groups in total. The number of carbonyl (C=O) groups excluding carboxylic acids is 1. The Bertz CT molecular complexity index is 922. The van der Waals surface area contributed by atoms with Crippen LogP contribution in [-0.2, 0) is 6.18 Å². The molecule has 24 heavy (non-hydrogen) atoms. The third-order valence-corrected chi connectivity index (χ3v) is 3.64. The lowest BCUT2D eigenvalue weighted by atomic mass is 10.1. The third-order valence-electron chi connectivity index (χ3n) is 3.39. The largest absolute Gasteiger partial charge is 0.453 e. The van der Waals surface area contributed by atoms with Crippen LogP contribution in [0, 0.1) is 0 Å². The average molecular weight is 351 g/mol. The number of ketones is 1. The number of alkyl halides is 3. The zero-order chi connectivity index (χ0) is 17.3. The van der Waals surface area contributed by atoms with Gasteiger partial charge in [0.2, 0.25) is 5.78 Å². The number of furan rings is 1. The highest BCUT2D eigenvalue weighted by Gasteiger charge is 2.31. The molecule has 0 bridgehead atoms. The summed E-state index contributed by atoms with van der Waals surface area (Å²) in [7, 11) is 0. The minimum atomic E-state index is -4.46. The molecule has 3 aromatic rings.